The number of benzene rings is 1. The zero-order chi connectivity index (χ0) is 13.9. The molecule has 0 saturated carbocycles. The Morgan fingerprint density at radius 1 is 1.44 bits per heavy atom. The zero-order valence-electron chi connectivity index (χ0n) is 8.89. The molecule has 0 aliphatic carbocycles. The molecule has 0 amide bonds. The van der Waals surface area contributed by atoms with Gasteiger partial charge in [-0.15, -0.1) is 0 Å². The molecule has 0 unspecified atom stereocenters. The summed E-state index contributed by atoms with van der Waals surface area (Å²) in [5.41, 5.74) is 5.92. The molecular formula is C10H9ClF4N2S. The Kier molecular flexibility index (Phi) is 4.75. The van der Waals surface area contributed by atoms with Gasteiger partial charge >= 0.3 is 12.3 Å². The zero-order valence-corrected chi connectivity index (χ0v) is 10.5. The first-order valence-electron chi connectivity index (χ1n) is 4.73. The van der Waals surface area contributed by atoms with Crippen LogP contribution < -0.4 is 11.1 Å². The summed E-state index contributed by atoms with van der Waals surface area (Å²) in [4.78, 5) is 0.0985. The van der Waals surface area contributed by atoms with Crippen molar-refractivity contribution in [2.24, 2.45) is 5.73 Å². The number of halogens is 5. The van der Waals surface area contributed by atoms with Crippen LogP contribution in [0.4, 0.5) is 23.2 Å². The van der Waals surface area contributed by atoms with Crippen molar-refractivity contribution >= 4 is 34.5 Å². The molecule has 2 nitrogen and oxygen atoms in total. The number of hydrogen-bond donors (Lipinski definition) is 2. The van der Waals surface area contributed by atoms with E-state index in [0.29, 0.717) is 5.56 Å². The van der Waals surface area contributed by atoms with Crippen molar-refractivity contribution in [3.8, 4) is 0 Å². The lowest BCUT2D eigenvalue weighted by Gasteiger charge is -2.17. The fraction of sp³-hybridized carbons (Fsp3) is 0.300. The van der Waals surface area contributed by atoms with Crippen molar-refractivity contribution in [2.75, 3.05) is 11.9 Å². The summed E-state index contributed by atoms with van der Waals surface area (Å²) in [5, 5.41) is 2.23. The number of rotatable bonds is 5. The Balaban J connectivity index is 2.78. The molecule has 1 rings (SSSR count). The van der Waals surface area contributed by atoms with E-state index in [2.05, 4.69) is 5.32 Å². The lowest BCUT2D eigenvalue weighted by Crippen LogP contribution is -2.34. The van der Waals surface area contributed by atoms with Crippen molar-refractivity contribution < 1.29 is 17.6 Å². The Hall–Kier alpha value is -1.08. The van der Waals surface area contributed by atoms with Crippen LogP contribution in [0, 0.1) is 0 Å². The van der Waals surface area contributed by atoms with E-state index in [1.807, 2.05) is 0 Å². The van der Waals surface area contributed by atoms with Gasteiger partial charge in [-0.2, -0.15) is 8.78 Å². The molecule has 0 radical (unpaired) electrons. The summed E-state index contributed by atoms with van der Waals surface area (Å²) in [6.07, 6.45) is -3.74. The number of alkyl halides is 4. The number of anilines is 1. The summed E-state index contributed by atoms with van der Waals surface area (Å²) < 4.78 is 49.2. The van der Waals surface area contributed by atoms with E-state index in [1.54, 1.807) is 0 Å². The summed E-state index contributed by atoms with van der Waals surface area (Å²) in [7, 11) is 0. The second-order valence-corrected chi connectivity index (χ2v) is 4.32. The molecule has 1 aromatic rings. The molecule has 0 atom stereocenters. The van der Waals surface area contributed by atoms with Crippen LogP contribution in [0.3, 0.4) is 0 Å². The molecule has 0 aliphatic heterocycles. The van der Waals surface area contributed by atoms with E-state index in [9.17, 15) is 17.6 Å². The molecule has 18 heavy (non-hydrogen) atoms. The summed E-state index contributed by atoms with van der Waals surface area (Å²) in [5.74, 6) is -4.12. The number of hydrogen-bond acceptors (Lipinski definition) is 2. The molecule has 0 fully saturated rings. The van der Waals surface area contributed by atoms with Crippen LogP contribution in [0.5, 0.6) is 0 Å². The normalized spacial score (nSPS) is 11.7. The first kappa shape index (κ1) is 15.0. The highest BCUT2D eigenvalue weighted by atomic mass is 35.5. The van der Waals surface area contributed by atoms with Crippen LogP contribution in [0.25, 0.3) is 0 Å². The van der Waals surface area contributed by atoms with Crippen LogP contribution in [0.15, 0.2) is 18.2 Å². The third-order valence-corrected chi connectivity index (χ3v) is 2.64. The first-order valence-corrected chi connectivity index (χ1v) is 5.52. The molecule has 1 aromatic carbocycles. The van der Waals surface area contributed by atoms with Gasteiger partial charge in [0.15, 0.2) is 0 Å². The van der Waals surface area contributed by atoms with Crippen LogP contribution in [-0.4, -0.2) is 23.9 Å². The van der Waals surface area contributed by atoms with E-state index in [-0.39, 0.29) is 15.7 Å². The van der Waals surface area contributed by atoms with Gasteiger partial charge in [-0.05, 0) is 18.2 Å². The lowest BCUT2D eigenvalue weighted by molar-refractivity contribution is -0.117. The molecular weight excluding hydrogens is 292 g/mol. The number of nitrogens with two attached hydrogens (primary N) is 1. The van der Waals surface area contributed by atoms with Gasteiger partial charge in [-0.1, -0.05) is 23.8 Å². The van der Waals surface area contributed by atoms with Gasteiger partial charge in [0.2, 0.25) is 0 Å². The number of nitrogens with one attached hydrogen (secondary N) is 1. The van der Waals surface area contributed by atoms with Gasteiger partial charge in [-0.3, -0.25) is 0 Å². The molecule has 0 spiro atoms. The summed E-state index contributed by atoms with van der Waals surface area (Å²) >= 11 is 10.5. The molecule has 8 heteroatoms. The molecule has 0 heterocycles. The first-order chi connectivity index (χ1) is 8.24. The van der Waals surface area contributed by atoms with E-state index in [1.165, 1.54) is 18.2 Å². The second kappa shape index (κ2) is 5.71. The van der Waals surface area contributed by atoms with Gasteiger partial charge in [-0.25, -0.2) is 8.78 Å². The summed E-state index contributed by atoms with van der Waals surface area (Å²) in [6, 6.07) is 4.17. The molecule has 0 saturated heterocycles. The molecule has 0 aliphatic rings. The monoisotopic (exact) mass is 300 g/mol. The van der Waals surface area contributed by atoms with Crippen molar-refractivity contribution in [3.63, 3.8) is 0 Å². The largest absolute Gasteiger partial charge is 0.389 e. The van der Waals surface area contributed by atoms with E-state index in [4.69, 9.17) is 29.6 Å². The van der Waals surface area contributed by atoms with E-state index >= 15 is 0 Å². The Bertz CT molecular complexity index is 454. The van der Waals surface area contributed by atoms with Gasteiger partial charge in [0.25, 0.3) is 0 Å². The topological polar surface area (TPSA) is 38.0 Å². The minimum Gasteiger partial charge on any atom is -0.389 e. The van der Waals surface area contributed by atoms with Gasteiger partial charge in [0.1, 0.15) is 4.99 Å². The third-order valence-electron chi connectivity index (χ3n) is 2.09. The van der Waals surface area contributed by atoms with Crippen LogP contribution in [0.2, 0.25) is 5.02 Å². The van der Waals surface area contributed by atoms with Crippen molar-refractivity contribution in [1.29, 1.82) is 0 Å². The summed E-state index contributed by atoms with van der Waals surface area (Å²) in [6.45, 7) is -1.21. The Morgan fingerprint density at radius 2 is 2.06 bits per heavy atom. The quantitative estimate of drug-likeness (QED) is 0.647. The van der Waals surface area contributed by atoms with Crippen LogP contribution >= 0.6 is 23.8 Å². The van der Waals surface area contributed by atoms with Crippen molar-refractivity contribution in [2.45, 2.75) is 12.3 Å². The predicted molar refractivity (Wildman–Crippen MR) is 66.8 cm³/mol. The average Bonchev–Trinajstić information content (AvgIpc) is 2.26. The van der Waals surface area contributed by atoms with Gasteiger partial charge < -0.3 is 11.1 Å². The minimum atomic E-state index is -4.12. The van der Waals surface area contributed by atoms with E-state index in [0.717, 1.165) is 0 Å². The highest BCUT2D eigenvalue weighted by Crippen LogP contribution is 2.27. The van der Waals surface area contributed by atoms with Crippen molar-refractivity contribution in [1.82, 2.24) is 0 Å². The maximum atomic E-state index is 12.7. The van der Waals surface area contributed by atoms with Gasteiger partial charge in [0.05, 0.1) is 17.3 Å². The standard InChI is InChI=1S/C10H9ClF4N2S/c11-6-3-5(8(16)18)1-2-7(6)17-4-10(14,15)9(12)13/h1-3,9,17H,4H2,(H2,16,18). The number of thiocarbonyl (C=S) groups is 1. The smallest absolute Gasteiger partial charge is 0.324 e. The van der Waals surface area contributed by atoms with Crippen LogP contribution in [-0.2, 0) is 0 Å². The Labute approximate surface area is 111 Å². The second-order valence-electron chi connectivity index (χ2n) is 3.47. The fourth-order valence-corrected chi connectivity index (χ4v) is 1.48. The van der Waals surface area contributed by atoms with E-state index < -0.39 is 18.9 Å². The highest BCUT2D eigenvalue weighted by Gasteiger charge is 2.40. The lowest BCUT2D eigenvalue weighted by atomic mass is 10.2. The third kappa shape index (κ3) is 3.71. The molecule has 0 bridgehead atoms. The maximum Gasteiger partial charge on any atom is 0.324 e. The van der Waals surface area contributed by atoms with Gasteiger partial charge in [0, 0.05) is 5.56 Å². The predicted octanol–water partition coefficient (Wildman–Crippen LogP) is 3.29. The fourth-order valence-electron chi connectivity index (χ4n) is 1.10. The maximum absolute atomic E-state index is 12.7. The Morgan fingerprint density at radius 3 is 2.50 bits per heavy atom. The van der Waals surface area contributed by atoms with Crippen LogP contribution in [0.1, 0.15) is 5.56 Å². The molecule has 0 aromatic heterocycles. The molecule has 3 N–H and O–H groups in total. The minimum absolute atomic E-state index is 0.0744. The highest BCUT2D eigenvalue weighted by molar-refractivity contribution is 7.80. The average molecular weight is 301 g/mol. The molecule has 100 valence electrons. The SMILES string of the molecule is NC(=S)c1ccc(NCC(F)(F)C(F)F)c(Cl)c1. The van der Waals surface area contributed by atoms with Crippen molar-refractivity contribution in [3.05, 3.63) is 28.8 Å².